The van der Waals surface area contributed by atoms with E-state index in [4.69, 9.17) is 21.0 Å². The summed E-state index contributed by atoms with van der Waals surface area (Å²) in [6.07, 6.45) is -2.42. The Kier molecular flexibility index (Phi) is 3.62. The van der Waals surface area contributed by atoms with Crippen molar-refractivity contribution < 1.29 is 4.42 Å². The lowest BCUT2D eigenvalue weighted by Crippen LogP contribution is -2.35. The molecule has 1 atom stereocenters. The lowest BCUT2D eigenvalue weighted by molar-refractivity contribution is 0.566. The van der Waals surface area contributed by atoms with Crippen LogP contribution in [-0.4, -0.2) is 19.9 Å². The Morgan fingerprint density at radius 2 is 1.93 bits per heavy atom. The van der Waals surface area contributed by atoms with E-state index in [9.17, 15) is 0 Å². The van der Waals surface area contributed by atoms with E-state index in [-0.39, 0.29) is 0 Å². The molecule has 5 rings (SSSR count). The zero-order chi connectivity index (χ0) is 18.8. The van der Waals surface area contributed by atoms with Crippen molar-refractivity contribution in [3.05, 3.63) is 71.5 Å². The number of fused-ring (bicyclic) bond motifs is 5. The maximum absolute atomic E-state index is 6.24. The standard InChI is InChI=1S/C21H20N3OPS/c1-14-8-11-20(25-14)26(27)19-10-9-16(23(2)3)12-18(19)24-13-15-6-4-5-7-17(15)21(24)22-26/h4-12H,13H2,1-3H3. The second-order valence-corrected chi connectivity index (χ2v) is 11.1. The zero-order valence-corrected chi connectivity index (χ0v) is 17.2. The van der Waals surface area contributed by atoms with E-state index in [1.807, 2.05) is 19.1 Å². The number of hydrogen-bond acceptors (Lipinski definition) is 4. The number of amidine groups is 1. The van der Waals surface area contributed by atoms with Crippen molar-refractivity contribution in [3.8, 4) is 0 Å². The molecule has 4 nitrogen and oxygen atoms in total. The predicted octanol–water partition coefficient (Wildman–Crippen LogP) is 3.78. The first-order valence-corrected chi connectivity index (χ1v) is 11.7. The molecule has 6 heteroatoms. The van der Waals surface area contributed by atoms with Crippen molar-refractivity contribution in [2.45, 2.75) is 13.5 Å². The molecule has 1 aromatic heterocycles. The molecular formula is C21H20N3OPS. The van der Waals surface area contributed by atoms with Crippen LogP contribution in [0.4, 0.5) is 11.4 Å². The molecule has 0 aliphatic carbocycles. The molecule has 3 heterocycles. The van der Waals surface area contributed by atoms with E-state index in [2.05, 4.69) is 66.4 Å². The van der Waals surface area contributed by atoms with Gasteiger partial charge >= 0.3 is 0 Å². The maximum Gasteiger partial charge on any atom is 0.161 e. The first kappa shape index (κ1) is 16.8. The van der Waals surface area contributed by atoms with E-state index in [1.165, 1.54) is 11.1 Å². The van der Waals surface area contributed by atoms with Gasteiger partial charge in [-0.15, -0.1) is 0 Å². The number of benzene rings is 2. The molecule has 1 unspecified atom stereocenters. The van der Waals surface area contributed by atoms with Crippen LogP contribution >= 0.6 is 6.19 Å². The third-order valence-electron chi connectivity index (χ3n) is 5.20. The molecule has 27 heavy (non-hydrogen) atoms. The smallest absolute Gasteiger partial charge is 0.161 e. The summed E-state index contributed by atoms with van der Waals surface area (Å²) >= 11 is 6.24. The fraction of sp³-hybridized carbons (Fsp3) is 0.190. The second kappa shape index (κ2) is 5.82. The summed E-state index contributed by atoms with van der Waals surface area (Å²) in [6.45, 7) is 2.78. The molecule has 0 bridgehead atoms. The maximum atomic E-state index is 6.24. The molecule has 2 aromatic carbocycles. The van der Waals surface area contributed by atoms with Gasteiger partial charge in [-0.1, -0.05) is 36.1 Å². The van der Waals surface area contributed by atoms with Crippen molar-refractivity contribution in [1.29, 1.82) is 0 Å². The Morgan fingerprint density at radius 3 is 2.67 bits per heavy atom. The summed E-state index contributed by atoms with van der Waals surface area (Å²) in [6, 6.07) is 18.9. The van der Waals surface area contributed by atoms with Gasteiger partial charge in [-0.05, 0) is 42.8 Å². The van der Waals surface area contributed by atoms with Crippen LogP contribution in [0.15, 0.2) is 63.8 Å². The highest BCUT2D eigenvalue weighted by molar-refractivity contribution is 8.21. The van der Waals surface area contributed by atoms with Crippen LogP contribution in [0.1, 0.15) is 16.9 Å². The Hall–Kier alpha value is -2.36. The van der Waals surface area contributed by atoms with Gasteiger partial charge in [0.2, 0.25) is 0 Å². The summed E-state index contributed by atoms with van der Waals surface area (Å²) in [7, 11) is 4.12. The third-order valence-corrected chi connectivity index (χ3v) is 8.91. The number of anilines is 2. The number of furan rings is 1. The minimum absolute atomic E-state index is 0.811. The van der Waals surface area contributed by atoms with Crippen LogP contribution in [0.3, 0.4) is 0 Å². The minimum atomic E-state index is -2.42. The van der Waals surface area contributed by atoms with Crippen LogP contribution < -0.4 is 20.6 Å². The summed E-state index contributed by atoms with van der Waals surface area (Å²) < 4.78 is 11.2. The Balaban J connectivity index is 1.80. The summed E-state index contributed by atoms with van der Waals surface area (Å²) in [4.78, 5) is 4.42. The van der Waals surface area contributed by atoms with E-state index in [1.54, 1.807) is 0 Å². The molecule has 3 aromatic rings. The second-order valence-electron chi connectivity index (χ2n) is 7.19. The van der Waals surface area contributed by atoms with Crippen LogP contribution in [0.2, 0.25) is 0 Å². The van der Waals surface area contributed by atoms with Gasteiger partial charge in [-0.3, -0.25) is 0 Å². The average molecular weight is 393 g/mol. The van der Waals surface area contributed by atoms with Gasteiger partial charge in [-0.25, -0.2) is 4.76 Å². The van der Waals surface area contributed by atoms with Gasteiger partial charge in [0, 0.05) is 30.7 Å². The van der Waals surface area contributed by atoms with Gasteiger partial charge in [0.1, 0.15) is 11.6 Å². The minimum Gasteiger partial charge on any atom is -0.459 e. The summed E-state index contributed by atoms with van der Waals surface area (Å²) in [5, 5.41) is 1.11. The topological polar surface area (TPSA) is 32.0 Å². The molecule has 0 fully saturated rings. The SMILES string of the molecule is Cc1ccc(P2(=S)N=C3c4ccccc4CN3c3cc(N(C)C)ccc32)o1. The van der Waals surface area contributed by atoms with Crippen LogP contribution in [-0.2, 0) is 18.4 Å². The Labute approximate surface area is 164 Å². The van der Waals surface area contributed by atoms with Gasteiger partial charge in [-0.2, -0.15) is 0 Å². The highest BCUT2D eigenvalue weighted by Crippen LogP contribution is 2.53. The van der Waals surface area contributed by atoms with Gasteiger partial charge in [0.25, 0.3) is 0 Å². The lowest BCUT2D eigenvalue weighted by Gasteiger charge is -2.33. The molecule has 136 valence electrons. The molecule has 0 N–H and O–H groups in total. The Bertz CT molecular complexity index is 1150. The van der Waals surface area contributed by atoms with Crippen LogP contribution in [0.25, 0.3) is 0 Å². The first-order chi connectivity index (χ1) is 13.0. The van der Waals surface area contributed by atoms with E-state index >= 15 is 0 Å². The average Bonchev–Trinajstić information content (AvgIpc) is 3.26. The highest BCUT2D eigenvalue weighted by atomic mass is 32.4. The largest absolute Gasteiger partial charge is 0.459 e. The van der Waals surface area contributed by atoms with E-state index in [0.29, 0.717) is 0 Å². The van der Waals surface area contributed by atoms with Gasteiger partial charge in [0.05, 0.1) is 12.2 Å². The monoisotopic (exact) mass is 393 g/mol. The normalized spacial score (nSPS) is 20.0. The molecule has 0 spiro atoms. The third kappa shape index (κ3) is 2.42. The van der Waals surface area contributed by atoms with Crippen LogP contribution in [0.5, 0.6) is 0 Å². The fourth-order valence-corrected chi connectivity index (χ4v) is 7.01. The number of hydrogen-bond donors (Lipinski definition) is 0. The quantitative estimate of drug-likeness (QED) is 0.621. The van der Waals surface area contributed by atoms with Crippen molar-refractivity contribution in [3.63, 3.8) is 0 Å². The van der Waals surface area contributed by atoms with E-state index < -0.39 is 6.19 Å². The number of rotatable bonds is 2. The molecular weight excluding hydrogens is 373 g/mol. The zero-order valence-electron chi connectivity index (χ0n) is 15.5. The summed E-state index contributed by atoms with van der Waals surface area (Å²) in [5.41, 5.74) is 5.58. The van der Waals surface area contributed by atoms with Gasteiger partial charge in [0.15, 0.2) is 11.7 Å². The molecule has 2 aliphatic rings. The molecule has 2 aliphatic heterocycles. The molecule has 0 saturated heterocycles. The van der Waals surface area contributed by atoms with E-state index in [0.717, 1.165) is 40.3 Å². The number of nitrogens with zero attached hydrogens (tertiary/aromatic N) is 3. The van der Waals surface area contributed by atoms with Crippen molar-refractivity contribution in [2.24, 2.45) is 4.76 Å². The van der Waals surface area contributed by atoms with Gasteiger partial charge < -0.3 is 14.2 Å². The molecule has 0 radical (unpaired) electrons. The fourth-order valence-electron chi connectivity index (χ4n) is 3.78. The summed E-state index contributed by atoms with van der Waals surface area (Å²) in [5.74, 6) is 1.85. The molecule has 0 amide bonds. The first-order valence-electron chi connectivity index (χ1n) is 8.92. The highest BCUT2D eigenvalue weighted by Gasteiger charge is 2.39. The Morgan fingerprint density at radius 1 is 1.11 bits per heavy atom. The predicted molar refractivity (Wildman–Crippen MR) is 117 cm³/mol. The van der Waals surface area contributed by atoms with Crippen molar-refractivity contribution in [2.75, 3.05) is 23.9 Å². The molecule has 0 saturated carbocycles. The van der Waals surface area contributed by atoms with Crippen LogP contribution in [0, 0.1) is 6.92 Å². The lowest BCUT2D eigenvalue weighted by atomic mass is 10.1. The number of aryl methyl sites for hydroxylation is 1. The van der Waals surface area contributed by atoms with Crippen molar-refractivity contribution >= 4 is 46.0 Å². The van der Waals surface area contributed by atoms with Crippen molar-refractivity contribution in [1.82, 2.24) is 0 Å².